The molecule has 1 fully saturated rings. The Kier molecular flexibility index (Phi) is 3.49. The molecule has 0 amide bonds. The van der Waals surface area contributed by atoms with Crippen molar-refractivity contribution in [1.29, 1.82) is 0 Å². The molecule has 1 aromatic carbocycles. The quantitative estimate of drug-likeness (QED) is 0.848. The molecule has 2 aromatic rings. The molecule has 3 atom stereocenters. The molecule has 4 heteroatoms. The number of nitrogens with zero attached hydrogens (tertiary/aromatic N) is 1. The summed E-state index contributed by atoms with van der Waals surface area (Å²) in [5.74, 6) is 0.641. The van der Waals surface area contributed by atoms with Gasteiger partial charge in [-0.1, -0.05) is 18.6 Å². The lowest BCUT2D eigenvalue weighted by molar-refractivity contribution is 0.399. The summed E-state index contributed by atoms with van der Waals surface area (Å²) < 4.78 is 17.5. The number of fused-ring (bicyclic) bond motifs is 3. The van der Waals surface area contributed by atoms with E-state index < -0.39 is 10.8 Å². The Hall–Kier alpha value is -1.68. The van der Waals surface area contributed by atoms with E-state index >= 15 is 0 Å². The van der Waals surface area contributed by atoms with Gasteiger partial charge in [0.25, 0.3) is 0 Å². The van der Waals surface area contributed by atoms with Crippen molar-refractivity contribution < 1.29 is 8.95 Å². The molecule has 0 N–H and O–H groups in total. The van der Waals surface area contributed by atoms with Gasteiger partial charge in [-0.25, -0.2) is 4.98 Å². The molecule has 3 heterocycles. The van der Waals surface area contributed by atoms with Crippen LogP contribution in [-0.2, 0) is 10.8 Å². The number of rotatable bonds is 2. The molecule has 0 radical (unpaired) electrons. The molecule has 0 aliphatic carbocycles. The molecular weight excluding hydrogens is 294 g/mol. The van der Waals surface area contributed by atoms with Crippen LogP contribution >= 0.6 is 0 Å². The van der Waals surface area contributed by atoms with Crippen LogP contribution in [0, 0.1) is 0 Å². The van der Waals surface area contributed by atoms with Crippen molar-refractivity contribution in [2.45, 2.75) is 36.2 Å². The van der Waals surface area contributed by atoms with Gasteiger partial charge in [0.2, 0.25) is 5.88 Å². The van der Waals surface area contributed by atoms with Crippen molar-refractivity contribution in [3.8, 4) is 5.88 Å². The lowest BCUT2D eigenvalue weighted by Crippen LogP contribution is -2.33. The molecule has 1 aromatic heterocycles. The van der Waals surface area contributed by atoms with E-state index in [0.717, 1.165) is 30.2 Å². The second-order valence-electron chi connectivity index (χ2n) is 6.08. The van der Waals surface area contributed by atoms with Crippen LogP contribution in [0.25, 0.3) is 16.5 Å². The fourth-order valence-corrected chi connectivity index (χ4v) is 5.47. The van der Waals surface area contributed by atoms with Gasteiger partial charge in [-0.15, -0.1) is 0 Å². The fourth-order valence-electron chi connectivity index (χ4n) is 3.53. The van der Waals surface area contributed by atoms with E-state index in [4.69, 9.17) is 4.74 Å². The molecule has 0 spiro atoms. The van der Waals surface area contributed by atoms with Gasteiger partial charge in [-0.3, -0.25) is 4.21 Å². The highest BCUT2D eigenvalue weighted by atomic mass is 32.2. The lowest BCUT2D eigenvalue weighted by atomic mass is 9.92. The van der Waals surface area contributed by atoms with Gasteiger partial charge in [0.15, 0.2) is 0 Å². The first-order valence-electron chi connectivity index (χ1n) is 7.80. The lowest BCUT2D eigenvalue weighted by Gasteiger charge is -2.32. The molecule has 2 aliphatic heterocycles. The summed E-state index contributed by atoms with van der Waals surface area (Å²) in [6, 6.07) is 10.3. The van der Waals surface area contributed by atoms with E-state index in [1.165, 1.54) is 17.6 Å². The summed E-state index contributed by atoms with van der Waals surface area (Å²) in [4.78, 5) is 4.46. The Morgan fingerprint density at radius 1 is 1.23 bits per heavy atom. The van der Waals surface area contributed by atoms with Gasteiger partial charge in [-0.2, -0.15) is 0 Å². The zero-order valence-corrected chi connectivity index (χ0v) is 13.4. The van der Waals surface area contributed by atoms with Crippen molar-refractivity contribution >= 4 is 27.3 Å². The number of aromatic nitrogens is 1. The second kappa shape index (κ2) is 5.51. The van der Waals surface area contributed by atoms with Crippen LogP contribution in [0.1, 0.15) is 31.2 Å². The van der Waals surface area contributed by atoms with Gasteiger partial charge in [0.1, 0.15) is 0 Å². The van der Waals surface area contributed by atoms with Crippen LogP contribution in [0.3, 0.4) is 0 Å². The summed E-state index contributed by atoms with van der Waals surface area (Å²) in [7, 11) is 0.966. The van der Waals surface area contributed by atoms with Crippen molar-refractivity contribution in [2.24, 2.45) is 0 Å². The number of methoxy groups -OCH3 is 1. The van der Waals surface area contributed by atoms with E-state index in [1.807, 2.05) is 12.1 Å². The van der Waals surface area contributed by atoms with Crippen LogP contribution in [0.2, 0.25) is 0 Å². The minimum absolute atomic E-state index is 0.257. The normalized spacial score (nSPS) is 27.5. The molecule has 4 rings (SSSR count). The van der Waals surface area contributed by atoms with Crippen LogP contribution < -0.4 is 4.74 Å². The van der Waals surface area contributed by atoms with Crippen LogP contribution in [-0.4, -0.2) is 26.8 Å². The zero-order chi connectivity index (χ0) is 15.1. The highest BCUT2D eigenvalue weighted by Gasteiger charge is 2.33. The van der Waals surface area contributed by atoms with E-state index in [1.54, 1.807) is 7.11 Å². The average molecular weight is 313 g/mol. The molecule has 114 valence electrons. The first kappa shape index (κ1) is 13.9. The maximum absolute atomic E-state index is 12.3. The Morgan fingerprint density at radius 2 is 2.14 bits per heavy atom. The van der Waals surface area contributed by atoms with Crippen molar-refractivity contribution in [3.05, 3.63) is 42.0 Å². The summed E-state index contributed by atoms with van der Waals surface area (Å²) in [6.45, 7) is 0. The van der Waals surface area contributed by atoms with Gasteiger partial charge >= 0.3 is 0 Å². The van der Waals surface area contributed by atoms with Gasteiger partial charge < -0.3 is 4.74 Å². The topological polar surface area (TPSA) is 39.2 Å². The van der Waals surface area contributed by atoms with E-state index in [0.29, 0.717) is 11.1 Å². The Morgan fingerprint density at radius 3 is 2.95 bits per heavy atom. The zero-order valence-electron chi connectivity index (χ0n) is 12.6. The summed E-state index contributed by atoms with van der Waals surface area (Å²) in [5.41, 5.74) is 3.54. The standard InChI is InChI=1S/C18H19NO2S/c1-21-18-8-6-13-9-12(5-7-17(13)19-18)14-10-15-3-2-4-16(11-14)22(15)20/h5-10,15-16H,2-4,11H2,1H3. The molecule has 3 nitrogen and oxygen atoms in total. The predicted octanol–water partition coefficient (Wildman–Crippen LogP) is 3.70. The molecule has 0 saturated carbocycles. The van der Waals surface area contributed by atoms with Gasteiger partial charge in [0.05, 0.1) is 17.9 Å². The number of benzene rings is 1. The molecule has 1 saturated heterocycles. The molecule has 2 aliphatic rings. The second-order valence-corrected chi connectivity index (χ2v) is 8.01. The van der Waals surface area contributed by atoms with E-state index in [9.17, 15) is 4.21 Å². The third kappa shape index (κ3) is 2.35. The Bertz CT molecular complexity index is 784. The van der Waals surface area contributed by atoms with E-state index in [-0.39, 0.29) is 5.25 Å². The molecular formula is C18H19NO2S. The first-order chi connectivity index (χ1) is 10.7. The number of hydrogen-bond acceptors (Lipinski definition) is 3. The monoisotopic (exact) mass is 313 g/mol. The first-order valence-corrected chi connectivity index (χ1v) is 9.07. The number of hydrogen-bond donors (Lipinski definition) is 0. The van der Waals surface area contributed by atoms with Crippen molar-refractivity contribution in [1.82, 2.24) is 4.98 Å². The highest BCUT2D eigenvalue weighted by Crippen LogP contribution is 2.37. The predicted molar refractivity (Wildman–Crippen MR) is 90.5 cm³/mol. The Balaban J connectivity index is 1.73. The third-order valence-corrected chi connectivity index (χ3v) is 6.75. The minimum atomic E-state index is -0.667. The van der Waals surface area contributed by atoms with Crippen LogP contribution in [0.4, 0.5) is 0 Å². The molecule has 2 bridgehead atoms. The summed E-state index contributed by atoms with van der Waals surface area (Å²) in [6.07, 6.45) is 6.58. The van der Waals surface area contributed by atoms with Gasteiger partial charge in [0, 0.05) is 27.5 Å². The minimum Gasteiger partial charge on any atom is -0.481 e. The third-order valence-electron chi connectivity index (χ3n) is 4.72. The fraction of sp³-hybridized carbons (Fsp3) is 0.389. The summed E-state index contributed by atoms with van der Waals surface area (Å²) >= 11 is 0. The largest absolute Gasteiger partial charge is 0.481 e. The molecule has 22 heavy (non-hydrogen) atoms. The maximum atomic E-state index is 12.3. The Labute approximate surface area is 132 Å². The van der Waals surface area contributed by atoms with Crippen LogP contribution in [0.15, 0.2) is 36.4 Å². The summed E-state index contributed by atoms with van der Waals surface area (Å²) in [5, 5.41) is 1.73. The smallest absolute Gasteiger partial charge is 0.213 e. The average Bonchev–Trinajstić information content (AvgIpc) is 2.53. The molecule has 3 unspecified atom stereocenters. The number of ether oxygens (including phenoxy) is 1. The SMILES string of the molecule is COc1ccc2cc(C3=CC4CCCC(C3)S4=O)ccc2n1. The van der Waals surface area contributed by atoms with Crippen molar-refractivity contribution in [3.63, 3.8) is 0 Å². The maximum Gasteiger partial charge on any atom is 0.213 e. The van der Waals surface area contributed by atoms with Gasteiger partial charge in [-0.05, 0) is 48.6 Å². The van der Waals surface area contributed by atoms with Crippen molar-refractivity contribution in [2.75, 3.05) is 7.11 Å². The number of allylic oxidation sites excluding steroid dienone is 1. The number of pyridine rings is 1. The van der Waals surface area contributed by atoms with Crippen LogP contribution in [0.5, 0.6) is 5.88 Å². The highest BCUT2D eigenvalue weighted by molar-refractivity contribution is 7.86. The van der Waals surface area contributed by atoms with E-state index in [2.05, 4.69) is 29.3 Å².